The summed E-state index contributed by atoms with van der Waals surface area (Å²) in [6, 6.07) is 8.08. The van der Waals surface area contributed by atoms with Gasteiger partial charge in [0.05, 0.1) is 9.82 Å². The van der Waals surface area contributed by atoms with Gasteiger partial charge in [-0.05, 0) is 6.07 Å². The Labute approximate surface area is 119 Å². The molecule has 0 unspecified atom stereocenters. The van der Waals surface area contributed by atoms with E-state index < -0.39 is 20.5 Å². The molecule has 0 fully saturated rings. The summed E-state index contributed by atoms with van der Waals surface area (Å²) in [7, 11) is -3.86. The zero-order valence-electron chi connectivity index (χ0n) is 10.6. The van der Waals surface area contributed by atoms with E-state index in [1.165, 1.54) is 18.2 Å². The molecule has 0 radical (unpaired) electrons. The monoisotopic (exact) mass is 309 g/mol. The van der Waals surface area contributed by atoms with E-state index in [4.69, 9.17) is 0 Å². The van der Waals surface area contributed by atoms with Crippen LogP contribution in [0.3, 0.4) is 0 Å². The average Bonchev–Trinajstić information content (AvgIpc) is 2.46. The molecule has 1 aromatic heterocycles. The topological polar surface area (TPSA) is 122 Å². The molecule has 2 aromatic rings. The molecule has 0 aliphatic rings. The van der Waals surface area contributed by atoms with E-state index in [0.717, 1.165) is 18.3 Å². The van der Waals surface area contributed by atoms with Gasteiger partial charge in [-0.2, -0.15) is 0 Å². The van der Waals surface area contributed by atoms with Crippen LogP contribution in [-0.4, -0.2) is 18.3 Å². The minimum Gasteiger partial charge on any atom is -0.328 e. The lowest BCUT2D eigenvalue weighted by Crippen LogP contribution is -2.24. The molecule has 0 atom stereocenters. The Kier molecular flexibility index (Phi) is 4.15. The van der Waals surface area contributed by atoms with E-state index in [-0.39, 0.29) is 22.7 Å². The van der Waals surface area contributed by atoms with Crippen molar-refractivity contribution in [3.05, 3.63) is 68.6 Å². The number of para-hydroxylation sites is 1. The van der Waals surface area contributed by atoms with E-state index >= 15 is 0 Å². The summed E-state index contributed by atoms with van der Waals surface area (Å²) in [5, 5.41) is 10.8. The van der Waals surface area contributed by atoms with Gasteiger partial charge in [0.25, 0.3) is 5.69 Å². The Hall–Kier alpha value is -2.52. The van der Waals surface area contributed by atoms with Crippen LogP contribution < -0.4 is 10.3 Å². The Morgan fingerprint density at radius 1 is 1.19 bits per heavy atom. The summed E-state index contributed by atoms with van der Waals surface area (Å²) in [4.78, 5) is 23.3. The highest BCUT2D eigenvalue weighted by atomic mass is 32.2. The van der Waals surface area contributed by atoms with Gasteiger partial charge in [0, 0.05) is 30.4 Å². The lowest BCUT2D eigenvalue weighted by molar-refractivity contribution is -0.385. The van der Waals surface area contributed by atoms with Gasteiger partial charge in [-0.3, -0.25) is 14.9 Å². The second-order valence-electron chi connectivity index (χ2n) is 4.10. The molecule has 21 heavy (non-hydrogen) atoms. The zero-order chi connectivity index (χ0) is 15.5. The van der Waals surface area contributed by atoms with Crippen molar-refractivity contribution in [1.82, 2.24) is 9.71 Å². The molecule has 110 valence electrons. The van der Waals surface area contributed by atoms with Gasteiger partial charge in [-0.1, -0.05) is 18.2 Å². The first-order valence-electron chi connectivity index (χ1n) is 5.81. The fourth-order valence-electron chi connectivity index (χ4n) is 1.66. The van der Waals surface area contributed by atoms with Gasteiger partial charge in [-0.25, -0.2) is 13.1 Å². The van der Waals surface area contributed by atoms with Gasteiger partial charge in [0.1, 0.15) is 0 Å². The van der Waals surface area contributed by atoms with Crippen LogP contribution in [0.2, 0.25) is 0 Å². The Bertz CT molecular complexity index is 808. The number of nitro benzene ring substituents is 1. The maximum Gasteiger partial charge on any atom is 0.273 e. The number of sulfonamides is 1. The lowest BCUT2D eigenvalue weighted by Gasteiger charge is -2.06. The third-order valence-electron chi connectivity index (χ3n) is 2.71. The van der Waals surface area contributed by atoms with Crippen molar-refractivity contribution in [2.24, 2.45) is 0 Å². The van der Waals surface area contributed by atoms with Crippen LogP contribution in [0.15, 0.2) is 52.3 Å². The average molecular weight is 309 g/mol. The molecule has 2 N–H and O–H groups in total. The maximum atomic E-state index is 12.0. The molecule has 1 heterocycles. The van der Waals surface area contributed by atoms with E-state index in [9.17, 15) is 23.3 Å². The van der Waals surface area contributed by atoms with E-state index in [1.54, 1.807) is 6.07 Å². The van der Waals surface area contributed by atoms with Crippen LogP contribution in [0, 0.1) is 10.1 Å². The molecule has 2 rings (SSSR count). The van der Waals surface area contributed by atoms with Crippen molar-refractivity contribution >= 4 is 15.7 Å². The van der Waals surface area contributed by atoms with E-state index in [2.05, 4.69) is 9.71 Å². The van der Waals surface area contributed by atoms with Crippen molar-refractivity contribution in [2.75, 3.05) is 0 Å². The minimum absolute atomic E-state index is 0.124. The summed E-state index contributed by atoms with van der Waals surface area (Å²) < 4.78 is 26.2. The zero-order valence-corrected chi connectivity index (χ0v) is 11.5. The molecule has 9 heteroatoms. The summed E-state index contributed by atoms with van der Waals surface area (Å²) in [5.41, 5.74) is -0.343. The second kappa shape index (κ2) is 5.85. The van der Waals surface area contributed by atoms with Gasteiger partial charge in [0.15, 0.2) is 0 Å². The molecule has 0 aliphatic carbocycles. The number of nitro groups is 1. The number of nitrogens with one attached hydrogen (secondary N) is 2. The Morgan fingerprint density at radius 3 is 2.52 bits per heavy atom. The molecule has 1 aromatic carbocycles. The number of benzene rings is 1. The van der Waals surface area contributed by atoms with Gasteiger partial charge >= 0.3 is 0 Å². The van der Waals surface area contributed by atoms with Gasteiger partial charge in [-0.15, -0.1) is 0 Å². The summed E-state index contributed by atoms with van der Waals surface area (Å²) in [6.45, 7) is -0.224. The normalized spacial score (nSPS) is 11.2. The quantitative estimate of drug-likeness (QED) is 0.623. The van der Waals surface area contributed by atoms with Crippen molar-refractivity contribution in [1.29, 1.82) is 0 Å². The number of rotatable bonds is 5. The van der Waals surface area contributed by atoms with Crippen LogP contribution in [0.4, 0.5) is 5.69 Å². The van der Waals surface area contributed by atoms with Crippen molar-refractivity contribution in [3.63, 3.8) is 0 Å². The first-order chi connectivity index (χ1) is 9.90. The number of hydrogen-bond donors (Lipinski definition) is 2. The number of nitrogens with zero attached hydrogens (tertiary/aromatic N) is 1. The minimum atomic E-state index is -3.86. The standard InChI is InChI=1S/C12H11N3O5S/c16-12-6-5-10(8-13-12)21(19,20)14-7-9-3-1-2-4-11(9)15(17)18/h1-6,8,14H,7H2,(H,13,16). The van der Waals surface area contributed by atoms with Crippen LogP contribution >= 0.6 is 0 Å². The highest BCUT2D eigenvalue weighted by molar-refractivity contribution is 7.89. The fourth-order valence-corrected chi connectivity index (χ4v) is 2.63. The number of H-pyrrole nitrogens is 1. The number of pyridine rings is 1. The molecule has 0 spiro atoms. The highest BCUT2D eigenvalue weighted by Crippen LogP contribution is 2.18. The van der Waals surface area contributed by atoms with Crippen LogP contribution in [0.25, 0.3) is 0 Å². The fraction of sp³-hybridized carbons (Fsp3) is 0.0833. The third-order valence-corrected chi connectivity index (χ3v) is 4.11. The van der Waals surface area contributed by atoms with E-state index in [1.807, 2.05) is 0 Å². The lowest BCUT2D eigenvalue weighted by atomic mass is 10.2. The molecule has 0 amide bonds. The number of aromatic amines is 1. The summed E-state index contributed by atoms with van der Waals surface area (Å²) >= 11 is 0. The second-order valence-corrected chi connectivity index (χ2v) is 5.87. The van der Waals surface area contributed by atoms with Crippen molar-refractivity contribution in [2.45, 2.75) is 11.4 Å². The molecular formula is C12H11N3O5S. The first-order valence-corrected chi connectivity index (χ1v) is 7.29. The number of hydrogen-bond acceptors (Lipinski definition) is 5. The predicted molar refractivity (Wildman–Crippen MR) is 74.2 cm³/mol. The Morgan fingerprint density at radius 2 is 1.90 bits per heavy atom. The molecular weight excluding hydrogens is 298 g/mol. The Balaban J connectivity index is 2.21. The van der Waals surface area contributed by atoms with Crippen molar-refractivity contribution in [3.8, 4) is 0 Å². The van der Waals surface area contributed by atoms with Crippen molar-refractivity contribution < 1.29 is 13.3 Å². The molecule has 0 bridgehead atoms. The smallest absolute Gasteiger partial charge is 0.273 e. The summed E-state index contributed by atoms with van der Waals surface area (Å²) in [6.07, 6.45) is 1.06. The SMILES string of the molecule is O=c1ccc(S(=O)(=O)NCc2ccccc2[N+](=O)[O-])c[nH]1. The molecule has 8 nitrogen and oxygen atoms in total. The maximum absolute atomic E-state index is 12.0. The van der Waals surface area contributed by atoms with Crippen LogP contribution in [0.1, 0.15) is 5.56 Å². The van der Waals surface area contributed by atoms with Gasteiger partial charge < -0.3 is 4.98 Å². The molecule has 0 aliphatic heterocycles. The van der Waals surface area contributed by atoms with E-state index in [0.29, 0.717) is 0 Å². The molecule has 0 saturated carbocycles. The van der Waals surface area contributed by atoms with Crippen LogP contribution in [-0.2, 0) is 16.6 Å². The van der Waals surface area contributed by atoms with Crippen LogP contribution in [0.5, 0.6) is 0 Å². The summed E-state index contributed by atoms with van der Waals surface area (Å²) in [5.74, 6) is 0. The largest absolute Gasteiger partial charge is 0.328 e. The first kappa shape index (κ1) is 14.9. The highest BCUT2D eigenvalue weighted by Gasteiger charge is 2.17. The number of aromatic nitrogens is 1. The molecule has 0 saturated heterocycles. The third kappa shape index (κ3) is 3.52. The van der Waals surface area contributed by atoms with Gasteiger partial charge in [0.2, 0.25) is 15.6 Å². The predicted octanol–water partition coefficient (Wildman–Crippen LogP) is 0.762.